The first-order chi connectivity index (χ1) is 10.5. The van der Waals surface area contributed by atoms with Crippen molar-refractivity contribution < 1.29 is 4.79 Å². The Morgan fingerprint density at radius 2 is 1.77 bits per heavy atom. The lowest BCUT2D eigenvalue weighted by Gasteiger charge is -2.18. The number of hydrogen-bond donors (Lipinski definition) is 1. The van der Waals surface area contributed by atoms with Gasteiger partial charge in [-0.3, -0.25) is 4.79 Å². The van der Waals surface area contributed by atoms with Crippen LogP contribution in [0.4, 0.5) is 0 Å². The summed E-state index contributed by atoms with van der Waals surface area (Å²) in [5.74, 6) is 0.553. The van der Waals surface area contributed by atoms with Gasteiger partial charge in [0.05, 0.1) is 11.6 Å². The molecule has 3 heteroatoms. The molecule has 2 aromatic rings. The second kappa shape index (κ2) is 7.59. The third-order valence-electron chi connectivity index (χ3n) is 3.98. The predicted octanol–water partition coefficient (Wildman–Crippen LogP) is 5.32. The zero-order chi connectivity index (χ0) is 16.1. The third kappa shape index (κ3) is 3.98. The van der Waals surface area contributed by atoms with Gasteiger partial charge in [0.1, 0.15) is 0 Å². The maximum atomic E-state index is 12.4. The van der Waals surface area contributed by atoms with E-state index in [4.69, 9.17) is 0 Å². The van der Waals surface area contributed by atoms with E-state index in [2.05, 4.69) is 57.3 Å². The van der Waals surface area contributed by atoms with Gasteiger partial charge in [0.2, 0.25) is 0 Å². The van der Waals surface area contributed by atoms with E-state index in [0.717, 1.165) is 18.4 Å². The first-order valence-electron chi connectivity index (χ1n) is 8.03. The highest BCUT2D eigenvalue weighted by Crippen LogP contribution is 2.22. The Labute approximate surface area is 137 Å². The van der Waals surface area contributed by atoms with Gasteiger partial charge in [-0.25, -0.2) is 0 Å². The first-order valence-corrected chi connectivity index (χ1v) is 8.91. The molecule has 1 N–H and O–H groups in total. The van der Waals surface area contributed by atoms with Crippen LogP contribution in [0.25, 0.3) is 0 Å². The van der Waals surface area contributed by atoms with Gasteiger partial charge >= 0.3 is 0 Å². The molecule has 0 saturated heterocycles. The van der Waals surface area contributed by atoms with Crippen molar-refractivity contribution in [2.75, 3.05) is 0 Å². The molecule has 0 aliphatic rings. The fourth-order valence-corrected chi connectivity index (χ4v) is 3.28. The van der Waals surface area contributed by atoms with Gasteiger partial charge in [0.15, 0.2) is 0 Å². The van der Waals surface area contributed by atoms with Crippen molar-refractivity contribution in [1.29, 1.82) is 0 Å². The van der Waals surface area contributed by atoms with Crippen LogP contribution in [0.1, 0.15) is 72.4 Å². The molecule has 1 aromatic carbocycles. The molecule has 118 valence electrons. The summed E-state index contributed by atoms with van der Waals surface area (Å²) in [7, 11) is 0. The van der Waals surface area contributed by atoms with E-state index in [-0.39, 0.29) is 11.9 Å². The highest BCUT2D eigenvalue weighted by atomic mass is 32.1. The van der Waals surface area contributed by atoms with Gasteiger partial charge in [-0.2, -0.15) is 0 Å². The molecule has 1 heterocycles. The van der Waals surface area contributed by atoms with Crippen molar-refractivity contribution in [2.45, 2.75) is 52.5 Å². The van der Waals surface area contributed by atoms with Crippen LogP contribution in [0.15, 0.2) is 35.7 Å². The SMILES string of the molecule is CCc1cc(C(=O)NC(CC)c2ccc(C(C)C)cc2)cs1. The summed E-state index contributed by atoms with van der Waals surface area (Å²) in [6, 6.07) is 10.7. The van der Waals surface area contributed by atoms with Crippen molar-refractivity contribution in [3.63, 3.8) is 0 Å². The number of thiophene rings is 1. The maximum Gasteiger partial charge on any atom is 0.252 e. The molecule has 2 rings (SSSR count). The van der Waals surface area contributed by atoms with Gasteiger partial charge in [0, 0.05) is 10.3 Å². The molecule has 1 aromatic heterocycles. The fourth-order valence-electron chi connectivity index (χ4n) is 2.46. The van der Waals surface area contributed by atoms with E-state index in [1.165, 1.54) is 16.0 Å². The van der Waals surface area contributed by atoms with E-state index >= 15 is 0 Å². The van der Waals surface area contributed by atoms with E-state index in [1.807, 2.05) is 11.4 Å². The summed E-state index contributed by atoms with van der Waals surface area (Å²) >= 11 is 1.65. The summed E-state index contributed by atoms with van der Waals surface area (Å²) in [5, 5.41) is 5.10. The van der Waals surface area contributed by atoms with Crippen molar-refractivity contribution in [1.82, 2.24) is 5.32 Å². The largest absolute Gasteiger partial charge is 0.345 e. The second-order valence-corrected chi connectivity index (χ2v) is 6.91. The van der Waals surface area contributed by atoms with Crippen LogP contribution < -0.4 is 5.32 Å². The lowest BCUT2D eigenvalue weighted by atomic mass is 9.98. The number of amides is 1. The summed E-state index contributed by atoms with van der Waals surface area (Å²) in [5.41, 5.74) is 3.28. The fraction of sp³-hybridized carbons (Fsp3) is 0.421. The molecular weight excluding hydrogens is 290 g/mol. The van der Waals surface area contributed by atoms with Gasteiger partial charge < -0.3 is 5.32 Å². The van der Waals surface area contributed by atoms with Crippen molar-refractivity contribution in [2.24, 2.45) is 0 Å². The average molecular weight is 315 g/mol. The molecule has 0 aliphatic carbocycles. The zero-order valence-corrected chi connectivity index (χ0v) is 14.7. The first kappa shape index (κ1) is 16.8. The number of carbonyl (C=O) groups excluding carboxylic acids is 1. The van der Waals surface area contributed by atoms with Crippen LogP contribution in [0.2, 0.25) is 0 Å². The van der Waals surface area contributed by atoms with Gasteiger partial charge in [-0.1, -0.05) is 52.0 Å². The van der Waals surface area contributed by atoms with Crippen LogP contribution in [0, 0.1) is 0 Å². The van der Waals surface area contributed by atoms with Crippen LogP contribution in [0.3, 0.4) is 0 Å². The lowest BCUT2D eigenvalue weighted by molar-refractivity contribution is 0.0936. The third-order valence-corrected chi connectivity index (χ3v) is 5.06. The predicted molar refractivity (Wildman–Crippen MR) is 94.7 cm³/mol. The Bertz CT molecular complexity index is 613. The summed E-state index contributed by atoms with van der Waals surface area (Å²) in [6.07, 6.45) is 1.86. The Hall–Kier alpha value is -1.61. The van der Waals surface area contributed by atoms with Crippen LogP contribution in [-0.2, 0) is 6.42 Å². The van der Waals surface area contributed by atoms with Crippen LogP contribution >= 0.6 is 11.3 Å². The molecule has 1 atom stereocenters. The molecule has 0 aliphatic heterocycles. The Balaban J connectivity index is 2.09. The second-order valence-electron chi connectivity index (χ2n) is 5.91. The Morgan fingerprint density at radius 1 is 1.14 bits per heavy atom. The highest BCUT2D eigenvalue weighted by Gasteiger charge is 2.15. The van der Waals surface area contributed by atoms with Crippen LogP contribution in [-0.4, -0.2) is 5.91 Å². The number of hydrogen-bond acceptors (Lipinski definition) is 2. The van der Waals surface area contributed by atoms with Crippen molar-refractivity contribution >= 4 is 17.2 Å². The van der Waals surface area contributed by atoms with E-state index in [0.29, 0.717) is 5.92 Å². The average Bonchev–Trinajstić information content (AvgIpc) is 3.01. The molecule has 0 saturated carbocycles. The van der Waals surface area contributed by atoms with E-state index in [1.54, 1.807) is 11.3 Å². The topological polar surface area (TPSA) is 29.1 Å². The van der Waals surface area contributed by atoms with E-state index in [9.17, 15) is 4.79 Å². The van der Waals surface area contributed by atoms with Gasteiger partial charge in [-0.05, 0) is 36.0 Å². The summed E-state index contributed by atoms with van der Waals surface area (Å²) in [4.78, 5) is 13.6. The summed E-state index contributed by atoms with van der Waals surface area (Å²) in [6.45, 7) is 8.59. The molecule has 0 fully saturated rings. The lowest BCUT2D eigenvalue weighted by Crippen LogP contribution is -2.27. The zero-order valence-electron chi connectivity index (χ0n) is 13.8. The molecular formula is C19H25NOS. The minimum atomic E-state index is 0.0238. The smallest absolute Gasteiger partial charge is 0.252 e. The standard InChI is InChI=1S/C19H25NOS/c1-5-17-11-16(12-22-17)19(21)20-18(6-2)15-9-7-14(8-10-15)13(3)4/h7-13,18H,5-6H2,1-4H3,(H,20,21). The van der Waals surface area contributed by atoms with Crippen molar-refractivity contribution in [3.05, 3.63) is 57.3 Å². The quantitative estimate of drug-likeness (QED) is 0.768. The molecule has 2 nitrogen and oxygen atoms in total. The molecule has 0 radical (unpaired) electrons. The molecule has 0 bridgehead atoms. The molecule has 1 amide bonds. The molecule has 22 heavy (non-hydrogen) atoms. The number of benzene rings is 1. The number of nitrogens with one attached hydrogen (secondary N) is 1. The maximum absolute atomic E-state index is 12.4. The number of aryl methyl sites for hydroxylation is 1. The molecule has 0 spiro atoms. The van der Waals surface area contributed by atoms with Crippen LogP contribution in [0.5, 0.6) is 0 Å². The normalized spacial score (nSPS) is 12.4. The Kier molecular flexibility index (Phi) is 5.78. The van der Waals surface area contributed by atoms with Crippen molar-refractivity contribution in [3.8, 4) is 0 Å². The molecule has 1 unspecified atom stereocenters. The number of rotatable bonds is 6. The highest BCUT2D eigenvalue weighted by molar-refractivity contribution is 7.10. The van der Waals surface area contributed by atoms with Gasteiger partial charge in [0.25, 0.3) is 5.91 Å². The number of carbonyl (C=O) groups is 1. The Morgan fingerprint density at radius 3 is 2.27 bits per heavy atom. The monoisotopic (exact) mass is 315 g/mol. The summed E-state index contributed by atoms with van der Waals surface area (Å²) < 4.78 is 0. The minimum absolute atomic E-state index is 0.0238. The minimum Gasteiger partial charge on any atom is -0.345 e. The van der Waals surface area contributed by atoms with Gasteiger partial charge in [-0.15, -0.1) is 11.3 Å². The van der Waals surface area contributed by atoms with E-state index < -0.39 is 0 Å².